The Morgan fingerprint density at radius 1 is 1.40 bits per heavy atom. The summed E-state index contributed by atoms with van der Waals surface area (Å²) in [6.45, 7) is 1.24. The largest absolute Gasteiger partial charge is 0.480 e. The summed E-state index contributed by atoms with van der Waals surface area (Å²) < 4.78 is 10.9. The monoisotopic (exact) mass is 241 g/mol. The van der Waals surface area contributed by atoms with E-state index in [1.54, 1.807) is 0 Å². The van der Waals surface area contributed by atoms with Gasteiger partial charge in [-0.2, -0.15) is 0 Å². The number of hydrogen-bond donors (Lipinski definition) is 5. The van der Waals surface area contributed by atoms with Gasteiger partial charge in [-0.05, 0) is 6.42 Å². The van der Waals surface area contributed by atoms with Gasteiger partial charge in [0.05, 0.1) is 0 Å². The number of carboxylic acids is 2. The maximum absolute atomic E-state index is 10.9. The molecule has 8 nitrogen and oxygen atoms in total. The molecule has 0 fully saturated rings. The van der Waals surface area contributed by atoms with E-state index < -0.39 is 37.2 Å². The van der Waals surface area contributed by atoms with E-state index in [9.17, 15) is 14.2 Å². The maximum atomic E-state index is 10.9. The average Bonchev–Trinajstić information content (AvgIpc) is 2.00. The van der Waals surface area contributed by atoms with E-state index in [-0.39, 0.29) is 0 Å². The summed E-state index contributed by atoms with van der Waals surface area (Å²) >= 11 is 0. The summed E-state index contributed by atoms with van der Waals surface area (Å²) in [6, 6.07) is 0. The first-order chi connectivity index (χ1) is 6.57. The van der Waals surface area contributed by atoms with Gasteiger partial charge in [0.25, 0.3) is 0 Å². The van der Waals surface area contributed by atoms with Gasteiger partial charge in [0, 0.05) is 0 Å². The predicted molar refractivity (Wildman–Crippen MR) is 48.3 cm³/mol. The SMILES string of the molecule is CCC(N)(C(=O)O)C(C(=O)O)P(=O)(O)O. The van der Waals surface area contributed by atoms with Crippen LogP contribution >= 0.6 is 7.60 Å². The van der Waals surface area contributed by atoms with Gasteiger partial charge in [-0.3, -0.25) is 14.2 Å². The minimum Gasteiger partial charge on any atom is -0.480 e. The molecule has 0 radical (unpaired) electrons. The maximum Gasteiger partial charge on any atom is 0.342 e. The Morgan fingerprint density at radius 2 is 1.80 bits per heavy atom. The second kappa shape index (κ2) is 4.28. The second-order valence-electron chi connectivity index (χ2n) is 3.03. The van der Waals surface area contributed by atoms with Crippen molar-refractivity contribution in [2.24, 2.45) is 5.73 Å². The lowest BCUT2D eigenvalue weighted by Crippen LogP contribution is -2.59. The van der Waals surface area contributed by atoms with E-state index in [0.29, 0.717) is 0 Å². The molecule has 0 aliphatic carbocycles. The summed E-state index contributed by atoms with van der Waals surface area (Å²) in [5, 5.41) is 17.3. The molecule has 0 aliphatic heterocycles. The molecule has 6 N–H and O–H groups in total. The van der Waals surface area contributed by atoms with E-state index in [4.69, 9.17) is 25.7 Å². The molecule has 0 saturated heterocycles. The van der Waals surface area contributed by atoms with Crippen molar-refractivity contribution >= 4 is 19.5 Å². The fourth-order valence-electron chi connectivity index (χ4n) is 1.13. The Bertz CT molecular complexity index is 323. The Kier molecular flexibility index (Phi) is 4.01. The number of hydrogen-bond acceptors (Lipinski definition) is 4. The summed E-state index contributed by atoms with van der Waals surface area (Å²) in [7, 11) is -5.13. The molecular weight excluding hydrogens is 229 g/mol. The second-order valence-corrected chi connectivity index (χ2v) is 4.72. The molecule has 0 aromatic carbocycles. The normalized spacial score (nSPS) is 17.9. The van der Waals surface area contributed by atoms with Crippen LogP contribution in [0.15, 0.2) is 0 Å². The van der Waals surface area contributed by atoms with Crippen LogP contribution < -0.4 is 5.73 Å². The molecule has 9 heteroatoms. The Hall–Kier alpha value is -0.950. The minimum absolute atomic E-state index is 0.412. The number of aliphatic carboxylic acids is 2. The average molecular weight is 241 g/mol. The van der Waals surface area contributed by atoms with Gasteiger partial charge in [-0.25, -0.2) is 0 Å². The van der Waals surface area contributed by atoms with Gasteiger partial charge in [-0.1, -0.05) is 6.92 Å². The third kappa shape index (κ3) is 2.75. The first-order valence-corrected chi connectivity index (χ1v) is 5.55. The van der Waals surface area contributed by atoms with Crippen molar-refractivity contribution in [3.05, 3.63) is 0 Å². The summed E-state index contributed by atoms with van der Waals surface area (Å²) in [6.07, 6.45) is -0.412. The van der Waals surface area contributed by atoms with Crippen LogP contribution in [0.5, 0.6) is 0 Å². The Labute approximate surface area is 84.9 Å². The lowest BCUT2D eigenvalue weighted by Gasteiger charge is -2.29. The lowest BCUT2D eigenvalue weighted by atomic mass is 9.93. The molecular formula is C6H12NO7P. The zero-order chi connectivity index (χ0) is 12.4. The molecule has 15 heavy (non-hydrogen) atoms. The first-order valence-electron chi connectivity index (χ1n) is 3.87. The van der Waals surface area contributed by atoms with Gasteiger partial charge >= 0.3 is 19.5 Å². The van der Waals surface area contributed by atoms with Crippen molar-refractivity contribution in [3.8, 4) is 0 Å². The number of carboxylic acid groups (broad SMARTS) is 2. The molecule has 0 saturated carbocycles. The Balaban J connectivity index is 5.53. The van der Waals surface area contributed by atoms with Gasteiger partial charge in [0.2, 0.25) is 0 Å². The van der Waals surface area contributed by atoms with Crippen LogP contribution in [0.2, 0.25) is 0 Å². The van der Waals surface area contributed by atoms with Gasteiger partial charge in [0.1, 0.15) is 5.54 Å². The van der Waals surface area contributed by atoms with Gasteiger partial charge in [-0.15, -0.1) is 0 Å². The quantitative estimate of drug-likeness (QED) is 0.376. The van der Waals surface area contributed by atoms with Crippen molar-refractivity contribution in [2.45, 2.75) is 24.5 Å². The van der Waals surface area contributed by atoms with Crippen molar-refractivity contribution < 1.29 is 34.2 Å². The Morgan fingerprint density at radius 3 is 1.87 bits per heavy atom. The van der Waals surface area contributed by atoms with Crippen LogP contribution in [0.4, 0.5) is 0 Å². The van der Waals surface area contributed by atoms with Gasteiger partial charge in [0.15, 0.2) is 5.66 Å². The van der Waals surface area contributed by atoms with Crippen molar-refractivity contribution in [3.63, 3.8) is 0 Å². The highest BCUT2D eigenvalue weighted by molar-refractivity contribution is 7.53. The highest BCUT2D eigenvalue weighted by Gasteiger charge is 2.54. The third-order valence-electron chi connectivity index (χ3n) is 2.04. The van der Waals surface area contributed by atoms with Gasteiger partial charge < -0.3 is 25.7 Å². The lowest BCUT2D eigenvalue weighted by molar-refractivity contribution is -0.149. The minimum atomic E-state index is -5.13. The van der Waals surface area contributed by atoms with Crippen molar-refractivity contribution in [1.29, 1.82) is 0 Å². The van der Waals surface area contributed by atoms with Crippen LogP contribution in [0.25, 0.3) is 0 Å². The van der Waals surface area contributed by atoms with E-state index in [0.717, 1.165) is 0 Å². The van der Waals surface area contributed by atoms with Crippen LogP contribution in [0, 0.1) is 0 Å². The molecule has 0 aromatic rings. The summed E-state index contributed by atoms with van der Waals surface area (Å²) in [5.41, 5.74) is 0.266. The number of carbonyl (C=O) groups is 2. The van der Waals surface area contributed by atoms with Crippen molar-refractivity contribution in [1.82, 2.24) is 0 Å². The fourth-order valence-corrected chi connectivity index (χ4v) is 2.31. The molecule has 0 aromatic heterocycles. The molecule has 88 valence electrons. The highest BCUT2D eigenvalue weighted by Crippen LogP contribution is 2.46. The zero-order valence-corrected chi connectivity index (χ0v) is 8.72. The molecule has 0 amide bonds. The van der Waals surface area contributed by atoms with Crippen LogP contribution in [0.1, 0.15) is 13.3 Å². The number of nitrogens with two attached hydrogens (primary N) is 1. The third-order valence-corrected chi connectivity index (χ3v) is 3.40. The zero-order valence-electron chi connectivity index (χ0n) is 7.82. The van der Waals surface area contributed by atoms with Crippen molar-refractivity contribution in [2.75, 3.05) is 0 Å². The van der Waals surface area contributed by atoms with E-state index in [2.05, 4.69) is 0 Å². The summed E-state index contributed by atoms with van der Waals surface area (Å²) in [5.74, 6) is -3.70. The molecule has 0 rings (SSSR count). The fraction of sp³-hybridized carbons (Fsp3) is 0.667. The standard InChI is InChI=1S/C6H12NO7P/c1-2-6(7,5(10)11)3(4(8)9)15(12,13)14/h3H,2,7H2,1H3,(H,8,9)(H,10,11)(H2,12,13,14). The smallest absolute Gasteiger partial charge is 0.342 e. The first kappa shape index (κ1) is 14.1. The topological polar surface area (TPSA) is 158 Å². The van der Waals surface area contributed by atoms with Crippen LogP contribution in [-0.2, 0) is 14.2 Å². The molecule has 0 heterocycles. The summed E-state index contributed by atoms with van der Waals surface area (Å²) in [4.78, 5) is 38.8. The molecule has 0 aliphatic rings. The molecule has 0 bridgehead atoms. The number of rotatable bonds is 5. The molecule has 0 spiro atoms. The van der Waals surface area contributed by atoms with Crippen LogP contribution in [-0.4, -0.2) is 43.1 Å². The molecule has 2 unspecified atom stereocenters. The van der Waals surface area contributed by atoms with E-state index >= 15 is 0 Å². The van der Waals surface area contributed by atoms with E-state index in [1.165, 1.54) is 6.92 Å². The molecule has 2 atom stereocenters. The predicted octanol–water partition coefficient (Wildman–Crippen LogP) is -1.19. The highest BCUT2D eigenvalue weighted by atomic mass is 31.2. The van der Waals surface area contributed by atoms with Crippen LogP contribution in [0.3, 0.4) is 0 Å². The van der Waals surface area contributed by atoms with E-state index in [1.807, 2.05) is 0 Å².